The summed E-state index contributed by atoms with van der Waals surface area (Å²) in [6.45, 7) is 0. The molecule has 2 aromatic rings. The first-order valence-electron chi connectivity index (χ1n) is 7.18. The van der Waals surface area contributed by atoms with Crippen LogP contribution in [0, 0.1) is 29.1 Å². The number of benzene rings is 1. The highest BCUT2D eigenvalue weighted by Crippen LogP contribution is 2.33. The van der Waals surface area contributed by atoms with E-state index in [4.69, 9.17) is 5.73 Å². The number of nitrogens with two attached hydrogens (primary N) is 1. The molecule has 0 unspecified atom stereocenters. The maximum atomic E-state index is 13.7. The van der Waals surface area contributed by atoms with Crippen LogP contribution in [0.25, 0.3) is 0 Å². The summed E-state index contributed by atoms with van der Waals surface area (Å²) in [5.74, 6) is -10.6. The molecule has 1 fully saturated rings. The van der Waals surface area contributed by atoms with Crippen LogP contribution in [0.15, 0.2) is 0 Å². The van der Waals surface area contributed by atoms with E-state index in [2.05, 4.69) is 15.0 Å². The number of hydrogen-bond donors (Lipinski definition) is 2. The molecule has 0 bridgehead atoms. The van der Waals surface area contributed by atoms with Crippen molar-refractivity contribution in [1.29, 1.82) is 0 Å². The van der Waals surface area contributed by atoms with Crippen LogP contribution in [0.4, 0.5) is 39.5 Å². The average Bonchev–Trinajstić information content (AvgIpc) is 3.09. The SMILES string of the molecule is Nc1nc(Nc2c(F)c(F)c(F)c(F)c2F)nc(C2CCCC2)n1. The summed E-state index contributed by atoms with van der Waals surface area (Å²) in [5, 5.41) is 2.02. The van der Waals surface area contributed by atoms with Crippen molar-refractivity contribution in [3.8, 4) is 0 Å². The van der Waals surface area contributed by atoms with Crippen molar-refractivity contribution in [2.24, 2.45) is 0 Å². The van der Waals surface area contributed by atoms with Gasteiger partial charge in [-0.3, -0.25) is 0 Å². The molecular formula is C14H12F5N5. The van der Waals surface area contributed by atoms with Gasteiger partial charge in [-0.25, -0.2) is 22.0 Å². The molecule has 0 aliphatic heterocycles. The van der Waals surface area contributed by atoms with Gasteiger partial charge in [0, 0.05) is 5.92 Å². The topological polar surface area (TPSA) is 76.7 Å². The Hall–Kier alpha value is -2.52. The quantitative estimate of drug-likeness (QED) is 0.505. The molecule has 1 aliphatic rings. The third kappa shape index (κ3) is 2.83. The molecule has 1 aromatic carbocycles. The highest BCUT2D eigenvalue weighted by atomic mass is 19.2. The molecule has 1 saturated carbocycles. The molecule has 0 radical (unpaired) electrons. The van der Waals surface area contributed by atoms with Crippen LogP contribution in [0.3, 0.4) is 0 Å². The summed E-state index contributed by atoms with van der Waals surface area (Å²) in [7, 11) is 0. The fourth-order valence-electron chi connectivity index (χ4n) is 2.66. The third-order valence-corrected chi connectivity index (χ3v) is 3.84. The Balaban J connectivity index is 2.00. The summed E-state index contributed by atoms with van der Waals surface area (Å²) in [5.41, 5.74) is 4.30. The second kappa shape index (κ2) is 6.17. The van der Waals surface area contributed by atoms with E-state index in [0.29, 0.717) is 5.82 Å². The van der Waals surface area contributed by atoms with Crippen molar-refractivity contribution < 1.29 is 22.0 Å². The number of nitrogens with one attached hydrogen (secondary N) is 1. The van der Waals surface area contributed by atoms with Crippen LogP contribution in [0.1, 0.15) is 37.4 Å². The zero-order chi connectivity index (χ0) is 17.4. The Morgan fingerprint density at radius 2 is 1.33 bits per heavy atom. The highest BCUT2D eigenvalue weighted by molar-refractivity contribution is 5.56. The van der Waals surface area contributed by atoms with Crippen molar-refractivity contribution in [2.45, 2.75) is 31.6 Å². The van der Waals surface area contributed by atoms with Gasteiger partial charge in [-0.2, -0.15) is 15.0 Å². The molecule has 0 saturated heterocycles. The van der Waals surface area contributed by atoms with Crippen molar-refractivity contribution in [3.63, 3.8) is 0 Å². The fraction of sp³-hybridized carbons (Fsp3) is 0.357. The second-order valence-corrected chi connectivity index (χ2v) is 5.43. The second-order valence-electron chi connectivity index (χ2n) is 5.43. The largest absolute Gasteiger partial charge is 0.368 e. The van der Waals surface area contributed by atoms with E-state index < -0.39 is 34.8 Å². The standard InChI is InChI=1S/C14H12F5N5/c15-6-7(16)9(18)11(10(19)8(6)17)21-14-23-12(22-13(20)24-14)5-3-1-2-4-5/h5H,1-4H2,(H3,20,21,22,23,24). The molecule has 0 amide bonds. The van der Waals surface area contributed by atoms with Gasteiger partial charge < -0.3 is 11.1 Å². The van der Waals surface area contributed by atoms with Crippen molar-refractivity contribution in [1.82, 2.24) is 15.0 Å². The van der Waals surface area contributed by atoms with E-state index in [0.717, 1.165) is 25.7 Å². The predicted molar refractivity (Wildman–Crippen MR) is 75.0 cm³/mol. The Morgan fingerprint density at radius 3 is 1.92 bits per heavy atom. The minimum absolute atomic E-state index is 0.0206. The van der Waals surface area contributed by atoms with Crippen LogP contribution in [0.2, 0.25) is 0 Å². The zero-order valence-electron chi connectivity index (χ0n) is 12.2. The Kier molecular flexibility index (Phi) is 4.20. The number of nitrogen functional groups attached to an aromatic ring is 1. The number of hydrogen-bond acceptors (Lipinski definition) is 5. The molecule has 3 rings (SSSR count). The summed E-state index contributed by atoms with van der Waals surface area (Å²) in [6.07, 6.45) is 3.62. The number of rotatable bonds is 3. The summed E-state index contributed by atoms with van der Waals surface area (Å²) >= 11 is 0. The monoisotopic (exact) mass is 345 g/mol. The van der Waals surface area contributed by atoms with Crippen molar-refractivity contribution >= 4 is 17.6 Å². The lowest BCUT2D eigenvalue weighted by molar-refractivity contribution is 0.382. The zero-order valence-corrected chi connectivity index (χ0v) is 12.2. The van der Waals surface area contributed by atoms with Gasteiger partial charge in [0.15, 0.2) is 23.3 Å². The van der Waals surface area contributed by atoms with Gasteiger partial charge in [0.2, 0.25) is 17.7 Å². The Labute approximate surface area is 133 Å². The van der Waals surface area contributed by atoms with Crippen LogP contribution in [-0.2, 0) is 0 Å². The van der Waals surface area contributed by atoms with E-state index >= 15 is 0 Å². The summed E-state index contributed by atoms with van der Waals surface area (Å²) in [6, 6.07) is 0. The molecular weight excluding hydrogens is 333 g/mol. The minimum Gasteiger partial charge on any atom is -0.368 e. The van der Waals surface area contributed by atoms with Crippen LogP contribution in [-0.4, -0.2) is 15.0 Å². The lowest BCUT2D eigenvalue weighted by atomic mass is 10.1. The van der Waals surface area contributed by atoms with Gasteiger partial charge in [-0.15, -0.1) is 0 Å². The van der Waals surface area contributed by atoms with Gasteiger partial charge in [-0.05, 0) is 12.8 Å². The highest BCUT2D eigenvalue weighted by Gasteiger charge is 2.27. The van der Waals surface area contributed by atoms with E-state index in [1.165, 1.54) is 0 Å². The average molecular weight is 345 g/mol. The molecule has 1 aliphatic carbocycles. The van der Waals surface area contributed by atoms with Gasteiger partial charge in [0.1, 0.15) is 11.5 Å². The smallest absolute Gasteiger partial charge is 0.232 e. The number of aromatic nitrogens is 3. The maximum absolute atomic E-state index is 13.7. The first-order chi connectivity index (χ1) is 11.4. The lowest BCUT2D eigenvalue weighted by Crippen LogP contribution is -2.12. The molecule has 3 N–H and O–H groups in total. The van der Waals surface area contributed by atoms with E-state index in [-0.39, 0.29) is 17.8 Å². The maximum Gasteiger partial charge on any atom is 0.232 e. The van der Waals surface area contributed by atoms with Crippen LogP contribution in [0.5, 0.6) is 0 Å². The van der Waals surface area contributed by atoms with E-state index in [9.17, 15) is 22.0 Å². The number of nitrogens with zero attached hydrogens (tertiary/aromatic N) is 3. The first-order valence-corrected chi connectivity index (χ1v) is 7.18. The normalized spacial score (nSPS) is 15.0. The van der Waals surface area contributed by atoms with Crippen molar-refractivity contribution in [2.75, 3.05) is 11.1 Å². The molecule has 128 valence electrons. The molecule has 10 heteroatoms. The fourth-order valence-corrected chi connectivity index (χ4v) is 2.66. The molecule has 24 heavy (non-hydrogen) atoms. The lowest BCUT2D eigenvalue weighted by Gasteiger charge is -2.12. The first kappa shape index (κ1) is 16.3. The van der Waals surface area contributed by atoms with Gasteiger partial charge >= 0.3 is 0 Å². The molecule has 1 aromatic heterocycles. The number of halogens is 5. The van der Waals surface area contributed by atoms with Crippen LogP contribution >= 0.6 is 0 Å². The van der Waals surface area contributed by atoms with Crippen LogP contribution < -0.4 is 11.1 Å². The molecule has 0 spiro atoms. The van der Waals surface area contributed by atoms with Gasteiger partial charge in [0.05, 0.1) is 0 Å². The van der Waals surface area contributed by atoms with E-state index in [1.54, 1.807) is 0 Å². The Bertz CT molecular complexity index is 763. The van der Waals surface area contributed by atoms with Gasteiger partial charge in [-0.1, -0.05) is 12.8 Å². The summed E-state index contributed by atoms with van der Waals surface area (Å²) < 4.78 is 66.9. The van der Waals surface area contributed by atoms with Crippen molar-refractivity contribution in [3.05, 3.63) is 34.9 Å². The number of anilines is 3. The van der Waals surface area contributed by atoms with Gasteiger partial charge in [0.25, 0.3) is 0 Å². The predicted octanol–water partition coefficient (Wildman–Crippen LogP) is 3.55. The molecule has 0 atom stereocenters. The molecule has 1 heterocycles. The molecule has 5 nitrogen and oxygen atoms in total. The third-order valence-electron chi connectivity index (χ3n) is 3.84. The van der Waals surface area contributed by atoms with E-state index in [1.807, 2.05) is 5.32 Å². The Morgan fingerprint density at radius 1 is 0.792 bits per heavy atom. The summed E-state index contributed by atoms with van der Waals surface area (Å²) in [4.78, 5) is 11.6. The minimum atomic E-state index is -2.24.